The lowest BCUT2D eigenvalue weighted by atomic mass is 10.1. The van der Waals surface area contributed by atoms with Gasteiger partial charge in [-0.05, 0) is 36.8 Å². The molecular weight excluding hydrogens is 238 g/mol. The van der Waals surface area contributed by atoms with Crippen LogP contribution in [-0.4, -0.2) is 17.4 Å². The smallest absolute Gasteiger partial charge is 0.251 e. The van der Waals surface area contributed by atoms with Crippen LogP contribution in [0.2, 0.25) is 5.15 Å². The molecule has 5 heteroatoms. The van der Waals surface area contributed by atoms with Crippen molar-refractivity contribution in [3.8, 4) is 0 Å². The fourth-order valence-electron chi connectivity index (χ4n) is 1.84. The minimum Gasteiger partial charge on any atom is -0.384 e. The third-order valence-electron chi connectivity index (χ3n) is 3.09. The lowest BCUT2D eigenvalue weighted by molar-refractivity contribution is 0.0946. The van der Waals surface area contributed by atoms with E-state index in [1.165, 1.54) is 25.0 Å². The van der Waals surface area contributed by atoms with Gasteiger partial charge in [0.2, 0.25) is 0 Å². The number of amides is 1. The van der Waals surface area contributed by atoms with Crippen molar-refractivity contribution in [2.45, 2.75) is 19.8 Å². The molecule has 1 aliphatic carbocycles. The molecule has 0 bridgehead atoms. The predicted octanol–water partition coefficient (Wildman–Crippen LogP) is 2.09. The van der Waals surface area contributed by atoms with Crippen molar-refractivity contribution >= 4 is 23.3 Å². The van der Waals surface area contributed by atoms with Crippen LogP contribution in [0.4, 0.5) is 5.82 Å². The van der Waals surface area contributed by atoms with Crippen molar-refractivity contribution in [2.75, 3.05) is 12.3 Å². The lowest BCUT2D eigenvalue weighted by Gasteiger charge is -2.11. The van der Waals surface area contributed by atoms with Crippen LogP contribution < -0.4 is 11.1 Å². The average molecular weight is 254 g/mol. The maximum atomic E-state index is 11.8. The van der Waals surface area contributed by atoms with Crippen LogP contribution in [0.15, 0.2) is 12.1 Å². The van der Waals surface area contributed by atoms with Gasteiger partial charge in [-0.25, -0.2) is 4.98 Å². The number of carbonyl (C=O) groups is 1. The molecule has 1 aromatic rings. The topological polar surface area (TPSA) is 68.0 Å². The predicted molar refractivity (Wildman–Crippen MR) is 67.9 cm³/mol. The Balaban J connectivity index is 1.94. The molecule has 17 heavy (non-hydrogen) atoms. The van der Waals surface area contributed by atoms with Gasteiger partial charge in [0.25, 0.3) is 5.91 Å². The molecule has 1 heterocycles. The molecule has 0 spiro atoms. The number of halogens is 1. The first kappa shape index (κ1) is 12.2. The Morgan fingerprint density at radius 2 is 2.35 bits per heavy atom. The molecule has 1 amide bonds. The van der Waals surface area contributed by atoms with E-state index < -0.39 is 0 Å². The first-order chi connectivity index (χ1) is 8.06. The largest absolute Gasteiger partial charge is 0.384 e. The molecule has 1 atom stereocenters. The Labute approximate surface area is 106 Å². The SMILES string of the molecule is CC(CNC(=O)c1cc(N)nc(Cl)c1)C1CC1. The highest BCUT2D eigenvalue weighted by molar-refractivity contribution is 6.29. The van der Waals surface area contributed by atoms with Crippen LogP contribution in [0.3, 0.4) is 0 Å². The Morgan fingerprint density at radius 1 is 1.65 bits per heavy atom. The summed E-state index contributed by atoms with van der Waals surface area (Å²) in [7, 11) is 0. The monoisotopic (exact) mass is 253 g/mol. The number of hydrogen-bond acceptors (Lipinski definition) is 3. The van der Waals surface area contributed by atoms with Crippen LogP contribution in [-0.2, 0) is 0 Å². The summed E-state index contributed by atoms with van der Waals surface area (Å²) < 4.78 is 0. The van der Waals surface area contributed by atoms with Gasteiger partial charge in [0.15, 0.2) is 0 Å². The standard InChI is InChI=1S/C12H16ClN3O/c1-7(8-2-3-8)6-15-12(17)9-4-10(13)16-11(14)5-9/h4-5,7-8H,2-3,6H2,1H3,(H2,14,16)(H,15,17). The van der Waals surface area contributed by atoms with Crippen molar-refractivity contribution in [3.63, 3.8) is 0 Å². The van der Waals surface area contributed by atoms with E-state index in [-0.39, 0.29) is 16.9 Å². The van der Waals surface area contributed by atoms with E-state index in [4.69, 9.17) is 17.3 Å². The molecule has 1 saturated carbocycles. The average Bonchev–Trinajstić information content (AvgIpc) is 3.07. The van der Waals surface area contributed by atoms with Crippen molar-refractivity contribution < 1.29 is 4.79 Å². The number of nitrogens with two attached hydrogens (primary N) is 1. The van der Waals surface area contributed by atoms with Crippen LogP contribution in [0, 0.1) is 11.8 Å². The van der Waals surface area contributed by atoms with E-state index in [1.54, 1.807) is 0 Å². The molecule has 0 aliphatic heterocycles. The molecule has 0 aromatic carbocycles. The molecule has 1 aliphatic rings. The molecule has 92 valence electrons. The number of nitrogens with one attached hydrogen (secondary N) is 1. The number of rotatable bonds is 4. The highest BCUT2D eigenvalue weighted by atomic mass is 35.5. The Bertz CT molecular complexity index is 412. The van der Waals surface area contributed by atoms with Crippen molar-refractivity contribution in [1.29, 1.82) is 0 Å². The molecule has 1 unspecified atom stereocenters. The normalized spacial score (nSPS) is 16.6. The van der Waals surface area contributed by atoms with E-state index in [9.17, 15) is 4.79 Å². The van der Waals surface area contributed by atoms with Gasteiger partial charge < -0.3 is 11.1 Å². The number of carbonyl (C=O) groups excluding carboxylic acids is 1. The second kappa shape index (κ2) is 4.92. The van der Waals surface area contributed by atoms with E-state index in [0.29, 0.717) is 18.0 Å². The van der Waals surface area contributed by atoms with Crippen molar-refractivity contribution in [3.05, 3.63) is 22.8 Å². The fraction of sp³-hybridized carbons (Fsp3) is 0.500. The third-order valence-corrected chi connectivity index (χ3v) is 3.28. The van der Waals surface area contributed by atoms with Gasteiger partial charge in [-0.1, -0.05) is 18.5 Å². The molecule has 1 fully saturated rings. The molecule has 2 rings (SSSR count). The zero-order chi connectivity index (χ0) is 12.4. The van der Waals surface area contributed by atoms with Gasteiger partial charge in [-0.2, -0.15) is 0 Å². The highest BCUT2D eigenvalue weighted by Crippen LogP contribution is 2.36. The Morgan fingerprint density at radius 3 is 2.94 bits per heavy atom. The quantitative estimate of drug-likeness (QED) is 0.808. The van der Waals surface area contributed by atoms with Crippen LogP contribution in [0.5, 0.6) is 0 Å². The lowest BCUT2D eigenvalue weighted by Crippen LogP contribution is -2.29. The number of aromatic nitrogens is 1. The van der Waals surface area contributed by atoms with E-state index in [2.05, 4.69) is 17.2 Å². The van der Waals surface area contributed by atoms with Gasteiger partial charge in [0, 0.05) is 12.1 Å². The van der Waals surface area contributed by atoms with Crippen molar-refractivity contribution in [2.24, 2.45) is 11.8 Å². The minimum absolute atomic E-state index is 0.145. The molecule has 3 N–H and O–H groups in total. The number of nitrogens with zero attached hydrogens (tertiary/aromatic N) is 1. The molecule has 4 nitrogen and oxygen atoms in total. The fourth-order valence-corrected chi connectivity index (χ4v) is 2.05. The third kappa shape index (κ3) is 3.33. The van der Waals surface area contributed by atoms with Gasteiger partial charge in [-0.15, -0.1) is 0 Å². The maximum absolute atomic E-state index is 11.8. The summed E-state index contributed by atoms with van der Waals surface area (Å²) in [4.78, 5) is 15.7. The highest BCUT2D eigenvalue weighted by Gasteiger charge is 2.27. The zero-order valence-electron chi connectivity index (χ0n) is 9.74. The summed E-state index contributed by atoms with van der Waals surface area (Å²) in [5.74, 6) is 1.43. The number of pyridine rings is 1. The first-order valence-corrected chi connectivity index (χ1v) is 6.15. The van der Waals surface area contributed by atoms with Gasteiger partial charge in [0.1, 0.15) is 11.0 Å². The number of hydrogen-bond donors (Lipinski definition) is 2. The van der Waals surface area contributed by atoms with Gasteiger partial charge in [-0.3, -0.25) is 4.79 Å². The zero-order valence-corrected chi connectivity index (χ0v) is 10.5. The molecular formula is C12H16ClN3O. The maximum Gasteiger partial charge on any atom is 0.251 e. The Kier molecular flexibility index (Phi) is 3.52. The summed E-state index contributed by atoms with van der Waals surface area (Å²) in [6.45, 7) is 2.86. The second-order valence-corrected chi connectivity index (χ2v) is 5.02. The molecule has 0 saturated heterocycles. The van der Waals surface area contributed by atoms with Crippen molar-refractivity contribution in [1.82, 2.24) is 10.3 Å². The summed E-state index contributed by atoms with van der Waals surface area (Å²) in [5.41, 5.74) is 6.00. The summed E-state index contributed by atoms with van der Waals surface area (Å²) in [6.07, 6.45) is 2.57. The summed E-state index contributed by atoms with van der Waals surface area (Å²) >= 11 is 5.75. The Hall–Kier alpha value is -1.29. The summed E-state index contributed by atoms with van der Waals surface area (Å²) in [5, 5.41) is 3.13. The second-order valence-electron chi connectivity index (χ2n) is 4.63. The van der Waals surface area contributed by atoms with Crippen LogP contribution in [0.1, 0.15) is 30.1 Å². The van der Waals surface area contributed by atoms with Crippen LogP contribution in [0.25, 0.3) is 0 Å². The van der Waals surface area contributed by atoms with E-state index in [0.717, 1.165) is 5.92 Å². The minimum atomic E-state index is -0.145. The van der Waals surface area contributed by atoms with Gasteiger partial charge in [0.05, 0.1) is 0 Å². The molecule has 0 radical (unpaired) electrons. The number of anilines is 1. The number of nitrogen functional groups attached to an aromatic ring is 1. The van der Waals surface area contributed by atoms with E-state index >= 15 is 0 Å². The first-order valence-electron chi connectivity index (χ1n) is 5.77. The van der Waals surface area contributed by atoms with E-state index in [1.807, 2.05) is 0 Å². The molecule has 1 aromatic heterocycles. The van der Waals surface area contributed by atoms with Gasteiger partial charge >= 0.3 is 0 Å². The van der Waals surface area contributed by atoms with Crippen LogP contribution >= 0.6 is 11.6 Å². The summed E-state index contributed by atoms with van der Waals surface area (Å²) in [6, 6.07) is 3.05.